The first-order chi connectivity index (χ1) is 13.3. The van der Waals surface area contributed by atoms with Crippen molar-refractivity contribution in [3.63, 3.8) is 0 Å². The van der Waals surface area contributed by atoms with E-state index in [1.165, 1.54) is 35.2 Å². The zero-order valence-corrected chi connectivity index (χ0v) is 16.5. The lowest BCUT2D eigenvalue weighted by Crippen LogP contribution is -2.30. The molecule has 0 N–H and O–H groups in total. The zero-order valence-electron chi connectivity index (χ0n) is 14.9. The number of para-hydroxylation sites is 1. The lowest BCUT2D eigenvalue weighted by Gasteiger charge is -2.33. The summed E-state index contributed by atoms with van der Waals surface area (Å²) in [5, 5.41) is 0. The molecule has 0 aliphatic carbocycles. The van der Waals surface area contributed by atoms with Crippen LogP contribution in [-0.4, -0.2) is 6.54 Å². The highest BCUT2D eigenvalue weighted by Gasteiger charge is 2.28. The van der Waals surface area contributed by atoms with Gasteiger partial charge >= 0.3 is 0 Å². The van der Waals surface area contributed by atoms with Gasteiger partial charge in [-0.25, -0.2) is 17.6 Å². The molecular formula is C21H16BrF4NO. The van der Waals surface area contributed by atoms with Gasteiger partial charge in [0.2, 0.25) is 0 Å². The Morgan fingerprint density at radius 3 is 2.39 bits per heavy atom. The van der Waals surface area contributed by atoms with Gasteiger partial charge in [-0.1, -0.05) is 18.7 Å². The Kier molecular flexibility index (Phi) is 5.93. The molecule has 0 amide bonds. The van der Waals surface area contributed by atoms with Crippen LogP contribution in [-0.2, 0) is 11.3 Å². The lowest BCUT2D eigenvalue weighted by atomic mass is 10.1. The first-order valence-corrected chi connectivity index (χ1v) is 9.13. The molecular weight excluding hydrogens is 438 g/mol. The van der Waals surface area contributed by atoms with Gasteiger partial charge in [0.25, 0.3) is 0 Å². The van der Waals surface area contributed by atoms with Crippen LogP contribution in [0.5, 0.6) is 0 Å². The first-order valence-electron chi connectivity index (χ1n) is 8.34. The predicted octanol–water partition coefficient (Wildman–Crippen LogP) is 6.35. The van der Waals surface area contributed by atoms with Gasteiger partial charge in [0, 0.05) is 22.9 Å². The minimum atomic E-state index is -0.719. The van der Waals surface area contributed by atoms with E-state index in [-0.39, 0.29) is 24.4 Å². The van der Waals surface area contributed by atoms with Crippen LogP contribution in [0.25, 0.3) is 0 Å². The van der Waals surface area contributed by atoms with E-state index in [0.717, 1.165) is 12.1 Å². The van der Waals surface area contributed by atoms with Gasteiger partial charge in [-0.15, -0.1) is 0 Å². The third-order valence-corrected chi connectivity index (χ3v) is 4.99. The molecule has 0 saturated heterocycles. The molecule has 3 rings (SSSR count). The number of hydrogen-bond donors (Lipinski definition) is 0. The van der Waals surface area contributed by atoms with Crippen molar-refractivity contribution in [3.05, 3.63) is 99.4 Å². The lowest BCUT2D eigenvalue weighted by molar-refractivity contribution is 0.201. The molecule has 146 valence electrons. The third kappa shape index (κ3) is 3.85. The van der Waals surface area contributed by atoms with Gasteiger partial charge in [-0.3, -0.25) is 0 Å². The van der Waals surface area contributed by atoms with Gasteiger partial charge in [0.1, 0.15) is 41.3 Å². The van der Waals surface area contributed by atoms with Crippen LogP contribution < -0.4 is 4.90 Å². The van der Waals surface area contributed by atoms with Crippen LogP contribution in [0.4, 0.5) is 23.2 Å². The van der Waals surface area contributed by atoms with E-state index in [1.54, 1.807) is 6.92 Å². The number of halogens is 5. The van der Waals surface area contributed by atoms with Gasteiger partial charge in [-0.2, -0.15) is 0 Å². The molecule has 0 saturated carbocycles. The minimum absolute atomic E-state index is 0.113. The van der Waals surface area contributed by atoms with E-state index in [0.29, 0.717) is 21.5 Å². The van der Waals surface area contributed by atoms with Crippen molar-refractivity contribution in [3.8, 4) is 0 Å². The van der Waals surface area contributed by atoms with Crippen LogP contribution in [0.1, 0.15) is 12.5 Å². The third-order valence-electron chi connectivity index (χ3n) is 4.38. The first kappa shape index (κ1) is 20.2. The fourth-order valence-electron chi connectivity index (χ4n) is 2.96. The average molecular weight is 454 g/mol. The van der Waals surface area contributed by atoms with Crippen molar-refractivity contribution in [1.82, 2.24) is 0 Å². The summed E-state index contributed by atoms with van der Waals surface area (Å²) in [4.78, 5) is 1.47. The van der Waals surface area contributed by atoms with Crippen LogP contribution in [0.3, 0.4) is 0 Å². The highest BCUT2D eigenvalue weighted by Crippen LogP contribution is 2.37. The van der Waals surface area contributed by atoms with Crippen LogP contribution >= 0.6 is 15.9 Å². The molecule has 2 aromatic carbocycles. The van der Waals surface area contributed by atoms with Crippen molar-refractivity contribution < 1.29 is 22.3 Å². The maximum absolute atomic E-state index is 14.2. The molecule has 0 radical (unpaired) electrons. The van der Waals surface area contributed by atoms with Crippen LogP contribution in [0, 0.1) is 23.3 Å². The number of nitrogens with zero attached hydrogens (tertiary/aromatic N) is 1. The van der Waals surface area contributed by atoms with E-state index in [2.05, 4.69) is 22.5 Å². The normalized spacial score (nSPS) is 14.6. The summed E-state index contributed by atoms with van der Waals surface area (Å²) in [5.74, 6) is -2.40. The fourth-order valence-corrected chi connectivity index (χ4v) is 3.54. The number of ether oxygens (including phenoxy) is 1. The standard InChI is InChI=1S/C21H16BrF4NO/c1-3-15-12(2)27(20-17(24)5-4-6-18(20)25)10-16(22)21(15)28-11-13-7-8-14(23)9-19(13)26/h3-9H,1,10-11H2,2H3. The molecule has 0 fully saturated rings. The summed E-state index contributed by atoms with van der Waals surface area (Å²) >= 11 is 3.39. The van der Waals surface area contributed by atoms with Gasteiger partial charge in [-0.05, 0) is 47.1 Å². The number of allylic oxidation sites excluding steroid dienone is 2. The molecule has 1 aliphatic heterocycles. The molecule has 0 aromatic heterocycles. The molecule has 1 aliphatic rings. The molecule has 2 nitrogen and oxygen atoms in total. The van der Waals surface area contributed by atoms with Crippen LogP contribution in [0.2, 0.25) is 0 Å². The molecule has 0 unspecified atom stereocenters. The summed E-state index contributed by atoms with van der Waals surface area (Å²) in [6.07, 6.45) is 1.50. The Morgan fingerprint density at radius 1 is 1.11 bits per heavy atom. The Labute approximate surface area is 168 Å². The second kappa shape index (κ2) is 8.22. The van der Waals surface area contributed by atoms with Crippen molar-refractivity contribution in [1.29, 1.82) is 0 Å². The number of benzene rings is 2. The molecule has 2 aromatic rings. The average Bonchev–Trinajstić information content (AvgIpc) is 2.64. The number of anilines is 1. The monoisotopic (exact) mass is 453 g/mol. The van der Waals surface area contributed by atoms with Crippen LogP contribution in [0.15, 0.2) is 70.6 Å². The molecule has 0 atom stereocenters. The van der Waals surface area contributed by atoms with Crippen molar-refractivity contribution in [2.24, 2.45) is 0 Å². The molecule has 0 spiro atoms. The summed E-state index contributed by atoms with van der Waals surface area (Å²) in [6, 6.07) is 6.88. The highest BCUT2D eigenvalue weighted by atomic mass is 79.9. The summed E-state index contributed by atoms with van der Waals surface area (Å²) in [5.41, 5.74) is 1.03. The van der Waals surface area contributed by atoms with Gasteiger partial charge in [0.05, 0.1) is 11.0 Å². The summed E-state index contributed by atoms with van der Waals surface area (Å²) in [7, 11) is 0. The van der Waals surface area contributed by atoms with E-state index in [9.17, 15) is 17.6 Å². The number of hydrogen-bond acceptors (Lipinski definition) is 2. The van der Waals surface area contributed by atoms with Crippen molar-refractivity contribution in [2.75, 3.05) is 11.4 Å². The van der Waals surface area contributed by atoms with Gasteiger partial charge in [0.15, 0.2) is 0 Å². The maximum Gasteiger partial charge on any atom is 0.149 e. The Bertz CT molecular complexity index is 980. The predicted molar refractivity (Wildman–Crippen MR) is 104 cm³/mol. The summed E-state index contributed by atoms with van der Waals surface area (Å²) in [6.45, 7) is 5.40. The second-order valence-corrected chi connectivity index (χ2v) is 7.08. The van der Waals surface area contributed by atoms with E-state index in [4.69, 9.17) is 4.74 Å². The SMILES string of the molecule is C=CC1=C(C)N(c2c(F)cccc2F)CC(Br)=C1OCc1ccc(F)cc1F. The van der Waals surface area contributed by atoms with Gasteiger partial charge < -0.3 is 9.64 Å². The molecule has 28 heavy (non-hydrogen) atoms. The van der Waals surface area contributed by atoms with E-state index < -0.39 is 23.3 Å². The minimum Gasteiger partial charge on any atom is -0.487 e. The van der Waals surface area contributed by atoms with Crippen molar-refractivity contribution in [2.45, 2.75) is 13.5 Å². The van der Waals surface area contributed by atoms with E-state index >= 15 is 0 Å². The quantitative estimate of drug-likeness (QED) is 0.489. The smallest absolute Gasteiger partial charge is 0.149 e. The molecule has 0 bridgehead atoms. The second-order valence-electron chi connectivity index (χ2n) is 6.12. The fraction of sp³-hybridized carbons (Fsp3) is 0.143. The summed E-state index contributed by atoms with van der Waals surface area (Å²) < 4.78 is 61.7. The topological polar surface area (TPSA) is 12.5 Å². The molecule has 7 heteroatoms. The Hall–Kier alpha value is -2.54. The highest BCUT2D eigenvalue weighted by molar-refractivity contribution is 9.11. The molecule has 1 heterocycles. The van der Waals surface area contributed by atoms with E-state index in [1.807, 2.05) is 0 Å². The Morgan fingerprint density at radius 2 is 1.79 bits per heavy atom. The zero-order chi connectivity index (χ0) is 20.4. The maximum atomic E-state index is 14.2. The largest absolute Gasteiger partial charge is 0.487 e. The Balaban J connectivity index is 1.92. The number of rotatable bonds is 5. The van der Waals surface area contributed by atoms with Crippen molar-refractivity contribution >= 4 is 21.6 Å².